The van der Waals surface area contributed by atoms with Gasteiger partial charge in [0.05, 0.1) is 6.61 Å². The van der Waals surface area contributed by atoms with Crippen LogP contribution in [-0.2, 0) is 19.6 Å². The van der Waals surface area contributed by atoms with E-state index in [4.69, 9.17) is 4.74 Å². The Kier molecular flexibility index (Phi) is 4.91. The normalized spacial score (nSPS) is 11.3. The number of carbonyl (C=O) groups is 1. The molecule has 0 saturated heterocycles. The molecule has 0 saturated carbocycles. The largest absolute Gasteiger partial charge is 0.465 e. The van der Waals surface area contributed by atoms with Crippen molar-refractivity contribution in [2.24, 2.45) is 0 Å². The topological polar surface area (TPSA) is 72.5 Å². The van der Waals surface area contributed by atoms with Gasteiger partial charge in [0.15, 0.2) is 0 Å². The first kappa shape index (κ1) is 13.1. The zero-order valence-corrected chi connectivity index (χ0v) is 10.4. The van der Waals surface area contributed by atoms with Crippen LogP contribution in [0.4, 0.5) is 0 Å². The second-order valence-corrected chi connectivity index (χ2v) is 5.92. The molecule has 0 aliphatic rings. The molecule has 0 aliphatic carbocycles. The van der Waals surface area contributed by atoms with Gasteiger partial charge in [-0.3, -0.25) is 4.79 Å². The monoisotopic (exact) mass is 263 g/mol. The molecule has 0 spiro atoms. The van der Waals surface area contributed by atoms with Crippen molar-refractivity contribution in [1.29, 1.82) is 0 Å². The molecule has 0 bridgehead atoms. The van der Waals surface area contributed by atoms with E-state index < -0.39 is 16.0 Å². The third-order valence-electron chi connectivity index (χ3n) is 1.63. The predicted molar refractivity (Wildman–Crippen MR) is 60.8 cm³/mol. The Labute approximate surface area is 98.5 Å². The Morgan fingerprint density at radius 2 is 2.31 bits per heavy atom. The molecule has 0 radical (unpaired) electrons. The minimum atomic E-state index is -3.57. The molecule has 0 aliphatic heterocycles. The molecule has 0 atom stereocenters. The van der Waals surface area contributed by atoms with Gasteiger partial charge < -0.3 is 4.74 Å². The van der Waals surface area contributed by atoms with Crippen molar-refractivity contribution in [3.8, 4) is 0 Å². The third-order valence-corrected chi connectivity index (χ3v) is 4.43. The Balaban J connectivity index is 2.46. The van der Waals surface area contributed by atoms with Crippen LogP contribution in [0.2, 0.25) is 0 Å². The molecule has 1 aromatic heterocycles. The highest BCUT2D eigenvalue weighted by atomic mass is 32.2. The Hall–Kier alpha value is -0.920. The fraction of sp³-hybridized carbons (Fsp3) is 0.444. The SMILES string of the molecule is CCCOC(=O)CNS(=O)(=O)c1cccs1. The summed E-state index contributed by atoms with van der Waals surface area (Å²) in [6.45, 7) is 1.84. The summed E-state index contributed by atoms with van der Waals surface area (Å²) in [4.78, 5) is 11.1. The van der Waals surface area contributed by atoms with Crippen molar-refractivity contribution in [3.05, 3.63) is 17.5 Å². The van der Waals surface area contributed by atoms with E-state index in [9.17, 15) is 13.2 Å². The molecule has 1 N–H and O–H groups in total. The number of hydrogen-bond acceptors (Lipinski definition) is 5. The molecule has 16 heavy (non-hydrogen) atoms. The summed E-state index contributed by atoms with van der Waals surface area (Å²) in [6, 6.07) is 3.11. The number of sulfonamides is 1. The van der Waals surface area contributed by atoms with Crippen LogP contribution in [0.15, 0.2) is 21.7 Å². The minimum absolute atomic E-state index is 0.191. The average Bonchev–Trinajstić information content (AvgIpc) is 2.77. The number of esters is 1. The highest BCUT2D eigenvalue weighted by Crippen LogP contribution is 2.14. The summed E-state index contributed by atoms with van der Waals surface area (Å²) < 4.78 is 30.2. The standard InChI is InChI=1S/C9H13NO4S2/c1-2-5-14-8(11)7-10-16(12,13)9-4-3-6-15-9/h3-4,6,10H,2,5,7H2,1H3. The van der Waals surface area contributed by atoms with Gasteiger partial charge in [0.25, 0.3) is 10.0 Å². The van der Waals surface area contributed by atoms with Crippen LogP contribution in [0.5, 0.6) is 0 Å². The molecule has 7 heteroatoms. The summed E-state index contributed by atoms with van der Waals surface area (Å²) >= 11 is 1.10. The van der Waals surface area contributed by atoms with E-state index in [1.54, 1.807) is 11.4 Å². The van der Waals surface area contributed by atoms with Crippen LogP contribution < -0.4 is 4.72 Å². The van der Waals surface area contributed by atoms with Crippen molar-refractivity contribution in [2.45, 2.75) is 17.6 Å². The van der Waals surface area contributed by atoms with Crippen molar-refractivity contribution >= 4 is 27.3 Å². The van der Waals surface area contributed by atoms with Gasteiger partial charge in [-0.05, 0) is 17.9 Å². The maximum Gasteiger partial charge on any atom is 0.321 e. The van der Waals surface area contributed by atoms with Crippen molar-refractivity contribution in [1.82, 2.24) is 4.72 Å². The van der Waals surface area contributed by atoms with Gasteiger partial charge in [-0.25, -0.2) is 8.42 Å². The molecule has 1 heterocycles. The minimum Gasteiger partial charge on any atom is -0.465 e. The van der Waals surface area contributed by atoms with E-state index in [1.807, 2.05) is 6.92 Å². The van der Waals surface area contributed by atoms with Gasteiger partial charge in [-0.15, -0.1) is 11.3 Å². The second kappa shape index (κ2) is 5.97. The first-order valence-electron chi connectivity index (χ1n) is 4.75. The number of ether oxygens (including phenoxy) is 1. The average molecular weight is 263 g/mol. The van der Waals surface area contributed by atoms with Crippen molar-refractivity contribution in [3.63, 3.8) is 0 Å². The Bertz CT molecular complexity index is 424. The van der Waals surface area contributed by atoms with E-state index in [2.05, 4.69) is 4.72 Å². The summed E-state index contributed by atoms with van der Waals surface area (Å²) in [7, 11) is -3.57. The lowest BCUT2D eigenvalue weighted by Crippen LogP contribution is -2.30. The summed E-state index contributed by atoms with van der Waals surface area (Å²) in [6.07, 6.45) is 0.712. The summed E-state index contributed by atoms with van der Waals surface area (Å²) in [5, 5.41) is 1.66. The van der Waals surface area contributed by atoms with E-state index >= 15 is 0 Å². The molecular formula is C9H13NO4S2. The van der Waals surface area contributed by atoms with Crippen LogP contribution in [0.3, 0.4) is 0 Å². The number of carbonyl (C=O) groups excluding carboxylic acids is 1. The summed E-state index contributed by atoms with van der Waals surface area (Å²) in [5.41, 5.74) is 0. The van der Waals surface area contributed by atoms with Crippen molar-refractivity contribution < 1.29 is 17.9 Å². The maximum atomic E-state index is 11.6. The van der Waals surface area contributed by atoms with E-state index in [0.29, 0.717) is 13.0 Å². The first-order valence-corrected chi connectivity index (χ1v) is 7.11. The van der Waals surface area contributed by atoms with Crippen LogP contribution in [0.25, 0.3) is 0 Å². The molecular weight excluding hydrogens is 250 g/mol. The zero-order valence-electron chi connectivity index (χ0n) is 8.80. The van der Waals surface area contributed by atoms with E-state index in [-0.39, 0.29) is 10.8 Å². The lowest BCUT2D eigenvalue weighted by molar-refractivity contribution is -0.142. The molecule has 5 nitrogen and oxygen atoms in total. The highest BCUT2D eigenvalue weighted by Gasteiger charge is 2.16. The van der Waals surface area contributed by atoms with E-state index in [1.165, 1.54) is 6.07 Å². The molecule has 90 valence electrons. The molecule has 1 aromatic rings. The second-order valence-electron chi connectivity index (χ2n) is 2.98. The van der Waals surface area contributed by atoms with Gasteiger partial charge >= 0.3 is 5.97 Å². The van der Waals surface area contributed by atoms with Gasteiger partial charge in [0, 0.05) is 0 Å². The Morgan fingerprint density at radius 3 is 2.88 bits per heavy atom. The van der Waals surface area contributed by atoms with Gasteiger partial charge in [0.1, 0.15) is 10.8 Å². The number of nitrogens with one attached hydrogen (secondary N) is 1. The first-order chi connectivity index (χ1) is 7.56. The number of rotatable bonds is 6. The van der Waals surface area contributed by atoms with Crippen LogP contribution in [-0.4, -0.2) is 27.5 Å². The van der Waals surface area contributed by atoms with Gasteiger partial charge in [0.2, 0.25) is 0 Å². The van der Waals surface area contributed by atoms with Crippen LogP contribution in [0.1, 0.15) is 13.3 Å². The van der Waals surface area contributed by atoms with Gasteiger partial charge in [-0.1, -0.05) is 13.0 Å². The summed E-state index contributed by atoms with van der Waals surface area (Å²) in [5.74, 6) is -0.568. The fourth-order valence-corrected chi connectivity index (χ4v) is 2.91. The lowest BCUT2D eigenvalue weighted by atomic mass is 10.5. The molecule has 0 amide bonds. The maximum absolute atomic E-state index is 11.6. The van der Waals surface area contributed by atoms with Crippen molar-refractivity contribution in [2.75, 3.05) is 13.2 Å². The Morgan fingerprint density at radius 1 is 1.56 bits per heavy atom. The molecule has 1 rings (SSSR count). The van der Waals surface area contributed by atoms with E-state index in [0.717, 1.165) is 11.3 Å². The lowest BCUT2D eigenvalue weighted by Gasteiger charge is -2.04. The van der Waals surface area contributed by atoms with Crippen LogP contribution in [0, 0.1) is 0 Å². The molecule has 0 aromatic carbocycles. The number of hydrogen-bond donors (Lipinski definition) is 1. The fourth-order valence-electron chi connectivity index (χ4n) is 0.908. The zero-order chi connectivity index (χ0) is 12.0. The van der Waals surface area contributed by atoms with Gasteiger partial charge in [-0.2, -0.15) is 4.72 Å². The molecule has 0 fully saturated rings. The molecule has 0 unspecified atom stereocenters. The predicted octanol–water partition coefficient (Wildman–Crippen LogP) is 0.980. The smallest absolute Gasteiger partial charge is 0.321 e. The quantitative estimate of drug-likeness (QED) is 0.777. The number of thiophene rings is 1. The van der Waals surface area contributed by atoms with Crippen LogP contribution >= 0.6 is 11.3 Å². The third kappa shape index (κ3) is 3.92. The highest BCUT2D eigenvalue weighted by molar-refractivity contribution is 7.91.